The average Bonchev–Trinajstić information content (AvgIpc) is 3.04. The van der Waals surface area contributed by atoms with Gasteiger partial charge in [-0.1, -0.05) is 6.07 Å². The van der Waals surface area contributed by atoms with E-state index in [4.69, 9.17) is 5.73 Å². The van der Waals surface area contributed by atoms with Crippen molar-refractivity contribution in [2.24, 2.45) is 5.73 Å². The normalized spacial score (nSPS) is 19.5. The zero-order valence-electron chi connectivity index (χ0n) is 14.9. The van der Waals surface area contributed by atoms with Gasteiger partial charge in [0.1, 0.15) is 5.75 Å². The number of hydrogen-bond acceptors (Lipinski definition) is 3. The number of aromatic hydroxyl groups is 1. The van der Waals surface area contributed by atoms with Crippen LogP contribution in [0.25, 0.3) is 0 Å². The number of aryl methyl sites for hydroxylation is 2. The Balaban J connectivity index is 1.52. The largest absolute Gasteiger partial charge is 0.508 e. The van der Waals surface area contributed by atoms with E-state index >= 15 is 0 Å². The van der Waals surface area contributed by atoms with Gasteiger partial charge in [0.2, 0.25) is 5.91 Å². The van der Waals surface area contributed by atoms with Crippen molar-refractivity contribution in [2.45, 2.75) is 44.1 Å². The molecule has 0 bridgehead atoms. The SMILES string of the molecule is N[C@@H](CC(=O)N1CCCc2ccc(O)cc21)[C@H]1CCc2cc(F)c(F)cc21. The summed E-state index contributed by atoms with van der Waals surface area (Å²) in [5.41, 5.74) is 9.58. The second-order valence-corrected chi connectivity index (χ2v) is 7.44. The molecule has 3 N–H and O–H groups in total. The predicted octanol–water partition coefficient (Wildman–Crippen LogP) is 3.40. The number of carbonyl (C=O) groups is 1. The van der Waals surface area contributed by atoms with Crippen LogP contribution in [0.3, 0.4) is 0 Å². The summed E-state index contributed by atoms with van der Waals surface area (Å²) in [5.74, 6) is -1.86. The number of nitrogens with two attached hydrogens (primary N) is 1. The van der Waals surface area contributed by atoms with Crippen LogP contribution >= 0.6 is 0 Å². The van der Waals surface area contributed by atoms with Crippen molar-refractivity contribution in [1.82, 2.24) is 0 Å². The molecule has 2 aromatic carbocycles. The zero-order chi connectivity index (χ0) is 19.1. The maximum absolute atomic E-state index is 13.7. The summed E-state index contributed by atoms with van der Waals surface area (Å²) >= 11 is 0. The van der Waals surface area contributed by atoms with E-state index in [0.29, 0.717) is 24.9 Å². The fourth-order valence-electron chi connectivity index (χ4n) is 4.35. The zero-order valence-corrected chi connectivity index (χ0v) is 14.9. The van der Waals surface area contributed by atoms with Gasteiger partial charge >= 0.3 is 0 Å². The topological polar surface area (TPSA) is 66.6 Å². The molecule has 2 atom stereocenters. The highest BCUT2D eigenvalue weighted by atomic mass is 19.2. The van der Waals surface area contributed by atoms with E-state index in [2.05, 4.69) is 0 Å². The van der Waals surface area contributed by atoms with Crippen LogP contribution < -0.4 is 10.6 Å². The Labute approximate surface area is 156 Å². The lowest BCUT2D eigenvalue weighted by atomic mass is 9.90. The third kappa shape index (κ3) is 3.30. The molecule has 1 aliphatic heterocycles. The van der Waals surface area contributed by atoms with Crippen molar-refractivity contribution >= 4 is 11.6 Å². The molecule has 0 unspecified atom stereocenters. The van der Waals surface area contributed by atoms with Crippen molar-refractivity contribution in [3.63, 3.8) is 0 Å². The van der Waals surface area contributed by atoms with E-state index in [1.165, 1.54) is 12.1 Å². The minimum absolute atomic E-state index is 0.106. The van der Waals surface area contributed by atoms with Gasteiger partial charge in [0.05, 0.1) is 5.69 Å². The molecule has 0 saturated heterocycles. The number of benzene rings is 2. The number of hydrogen-bond donors (Lipinski definition) is 2. The third-order valence-corrected chi connectivity index (χ3v) is 5.72. The Hall–Kier alpha value is -2.47. The van der Waals surface area contributed by atoms with Gasteiger partial charge in [-0.15, -0.1) is 0 Å². The summed E-state index contributed by atoms with van der Waals surface area (Å²) in [7, 11) is 0. The van der Waals surface area contributed by atoms with Crippen LogP contribution in [-0.4, -0.2) is 23.6 Å². The van der Waals surface area contributed by atoms with E-state index in [1.807, 2.05) is 6.07 Å². The molecule has 0 radical (unpaired) electrons. The Bertz CT molecular complexity index is 900. The summed E-state index contributed by atoms with van der Waals surface area (Å²) in [4.78, 5) is 14.6. The number of nitrogens with zero attached hydrogens (tertiary/aromatic N) is 1. The van der Waals surface area contributed by atoms with Gasteiger partial charge in [-0.05, 0) is 60.6 Å². The quantitative estimate of drug-likeness (QED) is 0.868. The number of carbonyl (C=O) groups excluding carboxylic acids is 1. The highest BCUT2D eigenvalue weighted by molar-refractivity contribution is 5.95. The molecule has 0 fully saturated rings. The number of amides is 1. The number of halogens is 2. The molecule has 4 nitrogen and oxygen atoms in total. The standard InChI is InChI=1S/C21H22F2N2O2/c22-17-8-13-4-6-15(16(13)10-18(17)23)19(24)11-21(27)25-7-1-2-12-3-5-14(26)9-20(12)25/h3,5,8-10,15,19,26H,1-2,4,6-7,11,24H2/t15-,19-/m0/s1. The van der Waals surface area contributed by atoms with E-state index in [0.717, 1.165) is 29.7 Å². The first-order valence-corrected chi connectivity index (χ1v) is 9.29. The van der Waals surface area contributed by atoms with Crippen LogP contribution in [0.2, 0.25) is 0 Å². The molecule has 142 valence electrons. The highest BCUT2D eigenvalue weighted by Crippen LogP contribution is 2.38. The minimum atomic E-state index is -0.875. The van der Waals surface area contributed by atoms with Crippen LogP contribution in [-0.2, 0) is 17.6 Å². The summed E-state index contributed by atoms with van der Waals surface area (Å²) in [6.45, 7) is 0.586. The van der Waals surface area contributed by atoms with Gasteiger partial charge in [0, 0.05) is 31.0 Å². The van der Waals surface area contributed by atoms with Crippen molar-refractivity contribution in [2.75, 3.05) is 11.4 Å². The van der Waals surface area contributed by atoms with E-state index in [-0.39, 0.29) is 24.0 Å². The molecule has 2 aliphatic rings. The van der Waals surface area contributed by atoms with E-state index in [1.54, 1.807) is 17.0 Å². The molecular weight excluding hydrogens is 350 g/mol. The lowest BCUT2D eigenvalue weighted by Crippen LogP contribution is -2.40. The van der Waals surface area contributed by atoms with Gasteiger partial charge in [0.15, 0.2) is 11.6 Å². The van der Waals surface area contributed by atoms with Crippen LogP contribution in [0.4, 0.5) is 14.5 Å². The van der Waals surface area contributed by atoms with E-state index in [9.17, 15) is 18.7 Å². The van der Waals surface area contributed by atoms with E-state index < -0.39 is 17.7 Å². The monoisotopic (exact) mass is 372 g/mol. The first-order valence-electron chi connectivity index (χ1n) is 9.29. The van der Waals surface area contributed by atoms with Gasteiger partial charge in [0.25, 0.3) is 0 Å². The number of anilines is 1. The smallest absolute Gasteiger partial charge is 0.228 e. The molecule has 1 aliphatic carbocycles. The summed E-state index contributed by atoms with van der Waals surface area (Å²) in [6.07, 6.45) is 3.17. The third-order valence-electron chi connectivity index (χ3n) is 5.72. The number of fused-ring (bicyclic) bond motifs is 2. The predicted molar refractivity (Wildman–Crippen MR) is 98.8 cm³/mol. The fraction of sp³-hybridized carbons (Fsp3) is 0.381. The van der Waals surface area contributed by atoms with Crippen molar-refractivity contribution in [3.8, 4) is 5.75 Å². The molecule has 2 aromatic rings. The van der Waals surface area contributed by atoms with Crippen LogP contribution in [0.15, 0.2) is 30.3 Å². The van der Waals surface area contributed by atoms with Crippen molar-refractivity contribution < 1.29 is 18.7 Å². The van der Waals surface area contributed by atoms with Crippen molar-refractivity contribution in [1.29, 1.82) is 0 Å². The molecule has 1 heterocycles. The second-order valence-electron chi connectivity index (χ2n) is 7.44. The van der Waals surface area contributed by atoms with Crippen LogP contribution in [0.5, 0.6) is 5.75 Å². The Morgan fingerprint density at radius 2 is 1.96 bits per heavy atom. The number of phenols is 1. The van der Waals surface area contributed by atoms with Crippen LogP contribution in [0, 0.1) is 11.6 Å². The first kappa shape index (κ1) is 17.9. The summed E-state index contributed by atoms with van der Waals surface area (Å²) < 4.78 is 27.1. The molecule has 1 amide bonds. The molecule has 6 heteroatoms. The molecule has 0 spiro atoms. The number of rotatable bonds is 3. The Kier molecular flexibility index (Phi) is 4.60. The van der Waals surface area contributed by atoms with Crippen LogP contribution in [0.1, 0.15) is 41.9 Å². The maximum Gasteiger partial charge on any atom is 0.228 e. The number of phenolic OH excluding ortho intramolecular Hbond substituents is 1. The van der Waals surface area contributed by atoms with Crippen molar-refractivity contribution in [3.05, 3.63) is 58.7 Å². The minimum Gasteiger partial charge on any atom is -0.508 e. The summed E-state index contributed by atoms with van der Waals surface area (Å²) in [5, 5.41) is 9.77. The van der Waals surface area contributed by atoms with Gasteiger partial charge in [-0.3, -0.25) is 4.79 Å². The molecule has 0 aromatic heterocycles. The van der Waals surface area contributed by atoms with Gasteiger partial charge < -0.3 is 15.7 Å². The molecular formula is C21H22F2N2O2. The Morgan fingerprint density at radius 3 is 2.78 bits per heavy atom. The first-order chi connectivity index (χ1) is 12.9. The molecule has 4 rings (SSSR count). The highest BCUT2D eigenvalue weighted by Gasteiger charge is 2.32. The fourth-order valence-corrected chi connectivity index (χ4v) is 4.35. The lowest BCUT2D eigenvalue weighted by molar-refractivity contribution is -0.119. The van der Waals surface area contributed by atoms with Gasteiger partial charge in [-0.2, -0.15) is 0 Å². The summed E-state index contributed by atoms with van der Waals surface area (Å²) in [6, 6.07) is 7.08. The molecule has 27 heavy (non-hydrogen) atoms. The lowest BCUT2D eigenvalue weighted by Gasteiger charge is -2.31. The average molecular weight is 372 g/mol. The second kappa shape index (κ2) is 6.93. The Morgan fingerprint density at radius 1 is 1.19 bits per heavy atom. The van der Waals surface area contributed by atoms with Gasteiger partial charge in [-0.25, -0.2) is 8.78 Å². The maximum atomic E-state index is 13.7. The molecule has 0 saturated carbocycles.